The zero-order valence-corrected chi connectivity index (χ0v) is 16.2. The first-order valence-electron chi connectivity index (χ1n) is 8.76. The van der Waals surface area contributed by atoms with Gasteiger partial charge in [-0.1, -0.05) is 6.08 Å². The molecule has 30 heavy (non-hydrogen) atoms. The first-order chi connectivity index (χ1) is 14.4. The van der Waals surface area contributed by atoms with Crippen molar-refractivity contribution in [2.45, 2.75) is 6.42 Å². The number of ether oxygens (including phenoxy) is 2. The number of hydrogen-bond donors (Lipinski definition) is 3. The van der Waals surface area contributed by atoms with Gasteiger partial charge in [-0.25, -0.2) is 4.79 Å². The van der Waals surface area contributed by atoms with Crippen molar-refractivity contribution in [3.8, 4) is 23.3 Å². The van der Waals surface area contributed by atoms with Crippen LogP contribution < -0.4 is 14.8 Å². The highest BCUT2D eigenvalue weighted by molar-refractivity contribution is 6.09. The number of allylic oxidation sites excluding steroid dienone is 1. The molecular formula is C22H20N2O6. The highest BCUT2D eigenvalue weighted by Gasteiger charge is 2.15. The van der Waals surface area contributed by atoms with E-state index in [0.717, 1.165) is 0 Å². The molecule has 0 aliphatic heterocycles. The normalized spacial score (nSPS) is 10.6. The molecule has 0 bridgehead atoms. The second kappa shape index (κ2) is 10.3. The van der Waals surface area contributed by atoms with E-state index in [0.29, 0.717) is 23.2 Å². The lowest BCUT2D eigenvalue weighted by atomic mass is 10.0. The number of phenolic OH excluding ortho intramolecular Hbond substituents is 1. The van der Waals surface area contributed by atoms with Crippen molar-refractivity contribution in [3.05, 3.63) is 65.8 Å². The SMILES string of the molecule is C=CCc1cc(/C=C(\C#N)C(=O)Nc2ccc(O)cc2)cc(OC)c1OCC(=O)O. The second-order valence-electron chi connectivity index (χ2n) is 6.06. The molecule has 0 radical (unpaired) electrons. The van der Waals surface area contributed by atoms with Gasteiger partial charge in [0.05, 0.1) is 7.11 Å². The molecule has 1 amide bonds. The summed E-state index contributed by atoms with van der Waals surface area (Å²) in [5.41, 5.74) is 1.34. The fourth-order valence-electron chi connectivity index (χ4n) is 2.58. The fraction of sp³-hybridized carbons (Fsp3) is 0.136. The van der Waals surface area contributed by atoms with E-state index in [1.165, 1.54) is 43.5 Å². The molecule has 0 spiro atoms. The molecule has 0 aliphatic carbocycles. The van der Waals surface area contributed by atoms with Gasteiger partial charge >= 0.3 is 5.97 Å². The number of nitrogens with zero attached hydrogens (tertiary/aromatic N) is 1. The highest BCUT2D eigenvalue weighted by Crippen LogP contribution is 2.34. The van der Waals surface area contributed by atoms with Crippen LogP contribution in [-0.4, -0.2) is 35.8 Å². The van der Waals surface area contributed by atoms with Crippen LogP contribution in [0, 0.1) is 11.3 Å². The average molecular weight is 408 g/mol. The largest absolute Gasteiger partial charge is 0.508 e. The zero-order chi connectivity index (χ0) is 22.1. The summed E-state index contributed by atoms with van der Waals surface area (Å²) in [6.45, 7) is 3.13. The third-order valence-corrected chi connectivity index (χ3v) is 3.88. The van der Waals surface area contributed by atoms with E-state index >= 15 is 0 Å². The lowest BCUT2D eigenvalue weighted by molar-refractivity contribution is -0.139. The van der Waals surface area contributed by atoms with Crippen LogP contribution in [0.5, 0.6) is 17.2 Å². The van der Waals surface area contributed by atoms with Crippen LogP contribution in [-0.2, 0) is 16.0 Å². The minimum Gasteiger partial charge on any atom is -0.508 e. The summed E-state index contributed by atoms with van der Waals surface area (Å²) < 4.78 is 10.6. The average Bonchev–Trinajstić information content (AvgIpc) is 2.72. The van der Waals surface area contributed by atoms with Crippen molar-refractivity contribution < 1.29 is 29.3 Å². The Morgan fingerprint density at radius 3 is 2.53 bits per heavy atom. The topological polar surface area (TPSA) is 129 Å². The van der Waals surface area contributed by atoms with Crippen molar-refractivity contribution in [2.24, 2.45) is 0 Å². The van der Waals surface area contributed by atoms with Gasteiger partial charge < -0.3 is 25.0 Å². The molecule has 2 aromatic rings. The molecule has 0 fully saturated rings. The summed E-state index contributed by atoms with van der Waals surface area (Å²) in [6.07, 6.45) is 3.35. The van der Waals surface area contributed by atoms with Gasteiger partial charge in [0.25, 0.3) is 5.91 Å². The summed E-state index contributed by atoms with van der Waals surface area (Å²) in [5.74, 6) is -1.19. The standard InChI is InChI=1S/C22H20N2O6/c1-3-4-15-9-14(11-19(29-2)21(15)30-13-20(26)27)10-16(12-23)22(28)24-17-5-7-18(25)8-6-17/h3,5-11,25H,1,4,13H2,2H3,(H,24,28)(H,26,27)/b16-10+. The predicted octanol–water partition coefficient (Wildman–Crippen LogP) is 3.14. The maximum Gasteiger partial charge on any atom is 0.341 e. The van der Waals surface area contributed by atoms with Crippen molar-refractivity contribution >= 4 is 23.6 Å². The van der Waals surface area contributed by atoms with Crippen LogP contribution in [0.25, 0.3) is 6.08 Å². The molecule has 0 saturated heterocycles. The summed E-state index contributed by atoms with van der Waals surface area (Å²) in [7, 11) is 1.40. The smallest absolute Gasteiger partial charge is 0.341 e. The number of benzene rings is 2. The van der Waals surface area contributed by atoms with Crippen molar-refractivity contribution in [2.75, 3.05) is 19.0 Å². The van der Waals surface area contributed by atoms with Gasteiger partial charge in [0, 0.05) is 11.3 Å². The molecule has 0 aromatic heterocycles. The minimum absolute atomic E-state index is 0.0519. The quantitative estimate of drug-likeness (QED) is 0.252. The molecule has 8 nitrogen and oxygen atoms in total. The number of phenols is 1. The van der Waals surface area contributed by atoms with Crippen LogP contribution in [0.4, 0.5) is 5.69 Å². The van der Waals surface area contributed by atoms with Crippen molar-refractivity contribution in [1.82, 2.24) is 0 Å². The number of nitriles is 1. The highest BCUT2D eigenvalue weighted by atomic mass is 16.5. The van der Waals surface area contributed by atoms with Gasteiger partial charge in [0.15, 0.2) is 18.1 Å². The van der Waals surface area contributed by atoms with Crippen LogP contribution in [0.1, 0.15) is 11.1 Å². The molecule has 8 heteroatoms. The molecule has 0 saturated carbocycles. The lowest BCUT2D eigenvalue weighted by Crippen LogP contribution is -2.13. The number of aliphatic carboxylic acids is 1. The summed E-state index contributed by atoms with van der Waals surface area (Å²) in [5, 5.41) is 30.2. The Hall–Kier alpha value is -4.25. The number of carbonyl (C=O) groups is 2. The van der Waals surface area contributed by atoms with E-state index in [2.05, 4.69) is 11.9 Å². The maximum atomic E-state index is 12.4. The number of amides is 1. The van der Waals surface area contributed by atoms with Crippen molar-refractivity contribution in [1.29, 1.82) is 5.26 Å². The molecule has 0 heterocycles. The fourth-order valence-corrected chi connectivity index (χ4v) is 2.58. The molecule has 0 unspecified atom stereocenters. The van der Waals surface area contributed by atoms with E-state index in [9.17, 15) is 20.0 Å². The van der Waals surface area contributed by atoms with Crippen LogP contribution in [0.15, 0.2) is 54.6 Å². The molecule has 0 aliphatic rings. The van der Waals surface area contributed by atoms with E-state index in [4.69, 9.17) is 14.6 Å². The summed E-state index contributed by atoms with van der Waals surface area (Å²) >= 11 is 0. The zero-order valence-electron chi connectivity index (χ0n) is 16.2. The molecular weight excluding hydrogens is 388 g/mol. The molecule has 2 aromatic carbocycles. The third kappa shape index (κ3) is 5.87. The Morgan fingerprint density at radius 1 is 1.27 bits per heavy atom. The van der Waals surface area contributed by atoms with Crippen LogP contribution in [0.2, 0.25) is 0 Å². The Labute approximate surface area is 173 Å². The van der Waals surface area contributed by atoms with Gasteiger partial charge in [-0.3, -0.25) is 4.79 Å². The van der Waals surface area contributed by atoms with Crippen LogP contribution >= 0.6 is 0 Å². The van der Waals surface area contributed by atoms with Gasteiger partial charge in [0.1, 0.15) is 17.4 Å². The number of rotatable bonds is 9. The Morgan fingerprint density at radius 2 is 1.97 bits per heavy atom. The molecule has 2 rings (SSSR count). The summed E-state index contributed by atoms with van der Waals surface area (Å²) in [4.78, 5) is 23.3. The number of anilines is 1. The number of carboxylic acids is 1. The predicted molar refractivity (Wildman–Crippen MR) is 110 cm³/mol. The molecule has 154 valence electrons. The second-order valence-corrected chi connectivity index (χ2v) is 6.06. The number of hydrogen-bond acceptors (Lipinski definition) is 6. The molecule has 0 atom stereocenters. The van der Waals surface area contributed by atoms with Crippen LogP contribution in [0.3, 0.4) is 0 Å². The third-order valence-electron chi connectivity index (χ3n) is 3.88. The number of carboxylic acid groups (broad SMARTS) is 1. The Bertz CT molecular complexity index is 1020. The maximum absolute atomic E-state index is 12.4. The number of methoxy groups -OCH3 is 1. The number of aromatic hydroxyl groups is 1. The molecule has 3 N–H and O–H groups in total. The van der Waals surface area contributed by atoms with Gasteiger partial charge in [0.2, 0.25) is 0 Å². The Kier molecular flexibility index (Phi) is 7.60. The van der Waals surface area contributed by atoms with E-state index in [1.54, 1.807) is 12.1 Å². The van der Waals surface area contributed by atoms with E-state index in [-0.39, 0.29) is 22.8 Å². The van der Waals surface area contributed by atoms with E-state index in [1.807, 2.05) is 6.07 Å². The van der Waals surface area contributed by atoms with Gasteiger partial charge in [-0.2, -0.15) is 5.26 Å². The van der Waals surface area contributed by atoms with Gasteiger partial charge in [-0.15, -0.1) is 6.58 Å². The summed E-state index contributed by atoms with van der Waals surface area (Å²) in [6, 6.07) is 10.9. The van der Waals surface area contributed by atoms with Crippen molar-refractivity contribution in [3.63, 3.8) is 0 Å². The van der Waals surface area contributed by atoms with E-state index < -0.39 is 18.5 Å². The minimum atomic E-state index is -1.14. The Balaban J connectivity index is 2.38. The number of nitrogens with one attached hydrogen (secondary N) is 1. The monoisotopic (exact) mass is 408 g/mol. The first-order valence-corrected chi connectivity index (χ1v) is 8.76. The lowest BCUT2D eigenvalue weighted by Gasteiger charge is -2.15. The van der Waals surface area contributed by atoms with Gasteiger partial charge in [-0.05, 0) is 54.5 Å². The number of carbonyl (C=O) groups excluding carboxylic acids is 1. The first kappa shape index (κ1) is 22.0.